The lowest BCUT2D eigenvalue weighted by Gasteiger charge is -2.15. The molecule has 0 aromatic rings. The third kappa shape index (κ3) is 3.29. The zero-order valence-electron chi connectivity index (χ0n) is 9.04. The maximum Gasteiger partial charge on any atom is 0.222 e. The highest BCUT2D eigenvalue weighted by atomic mass is 16.2. The minimum absolute atomic E-state index is 0.269. The molecule has 3 heteroatoms. The third-order valence-electron chi connectivity index (χ3n) is 2.96. The van der Waals surface area contributed by atoms with Gasteiger partial charge < -0.3 is 10.0 Å². The van der Waals surface area contributed by atoms with E-state index < -0.39 is 0 Å². The van der Waals surface area contributed by atoms with E-state index in [4.69, 9.17) is 5.11 Å². The number of amides is 1. The van der Waals surface area contributed by atoms with E-state index in [-0.39, 0.29) is 6.61 Å². The van der Waals surface area contributed by atoms with Crippen LogP contribution in [-0.4, -0.2) is 35.6 Å². The van der Waals surface area contributed by atoms with Gasteiger partial charge in [-0.15, -0.1) is 0 Å². The molecule has 0 saturated carbocycles. The summed E-state index contributed by atoms with van der Waals surface area (Å²) in [7, 11) is 0. The Bertz CT molecular complexity index is 182. The van der Waals surface area contributed by atoms with Gasteiger partial charge in [0.25, 0.3) is 0 Å². The molecule has 1 atom stereocenters. The fourth-order valence-corrected chi connectivity index (χ4v) is 1.93. The van der Waals surface area contributed by atoms with Gasteiger partial charge in [-0.3, -0.25) is 4.79 Å². The van der Waals surface area contributed by atoms with Crippen LogP contribution in [0.4, 0.5) is 0 Å². The van der Waals surface area contributed by atoms with Crippen LogP contribution >= 0.6 is 0 Å². The Morgan fingerprint density at radius 3 is 2.79 bits per heavy atom. The van der Waals surface area contributed by atoms with Crippen molar-refractivity contribution in [3.05, 3.63) is 0 Å². The number of carbonyl (C=O) groups excluding carboxylic acids is 1. The van der Waals surface area contributed by atoms with Crippen molar-refractivity contribution in [1.82, 2.24) is 4.90 Å². The van der Waals surface area contributed by atoms with Crippen molar-refractivity contribution in [3.63, 3.8) is 0 Å². The van der Waals surface area contributed by atoms with Crippen LogP contribution in [0, 0.1) is 5.92 Å². The second kappa shape index (κ2) is 6.02. The summed E-state index contributed by atoms with van der Waals surface area (Å²) >= 11 is 0. The van der Waals surface area contributed by atoms with Gasteiger partial charge in [0.15, 0.2) is 0 Å². The highest BCUT2D eigenvalue weighted by molar-refractivity contribution is 5.78. The van der Waals surface area contributed by atoms with Crippen molar-refractivity contribution in [1.29, 1.82) is 0 Å². The number of aliphatic hydroxyl groups excluding tert-OH is 1. The van der Waals surface area contributed by atoms with E-state index in [0.717, 1.165) is 45.2 Å². The maximum absolute atomic E-state index is 11.5. The molecule has 1 amide bonds. The zero-order chi connectivity index (χ0) is 10.4. The van der Waals surface area contributed by atoms with E-state index in [2.05, 4.69) is 6.92 Å². The predicted molar refractivity (Wildman–Crippen MR) is 55.9 cm³/mol. The molecule has 0 bridgehead atoms. The van der Waals surface area contributed by atoms with Crippen LogP contribution < -0.4 is 0 Å². The standard InChI is InChI=1S/C11H21NO2/c1-2-10-8-11(14)12(9-10)6-4-3-5-7-13/h10,13H,2-9H2,1H3. The molecule has 0 spiro atoms. The number of rotatable bonds is 6. The summed E-state index contributed by atoms with van der Waals surface area (Å²) < 4.78 is 0. The van der Waals surface area contributed by atoms with Crippen LogP contribution in [0.15, 0.2) is 0 Å². The fraction of sp³-hybridized carbons (Fsp3) is 0.909. The molecular formula is C11H21NO2. The Balaban J connectivity index is 2.15. The summed E-state index contributed by atoms with van der Waals surface area (Å²) in [4.78, 5) is 13.5. The minimum Gasteiger partial charge on any atom is -0.396 e. The highest BCUT2D eigenvalue weighted by Crippen LogP contribution is 2.20. The Morgan fingerprint density at radius 2 is 2.21 bits per heavy atom. The van der Waals surface area contributed by atoms with Crippen LogP contribution in [-0.2, 0) is 4.79 Å². The van der Waals surface area contributed by atoms with Crippen LogP contribution in [0.1, 0.15) is 39.0 Å². The summed E-state index contributed by atoms with van der Waals surface area (Å²) in [6.07, 6.45) is 4.77. The number of aliphatic hydroxyl groups is 1. The number of likely N-dealkylation sites (tertiary alicyclic amines) is 1. The highest BCUT2D eigenvalue weighted by Gasteiger charge is 2.27. The van der Waals surface area contributed by atoms with Gasteiger partial charge in [0.05, 0.1) is 0 Å². The average Bonchev–Trinajstić information content (AvgIpc) is 2.54. The second-order valence-electron chi connectivity index (χ2n) is 4.10. The lowest BCUT2D eigenvalue weighted by atomic mass is 10.1. The monoisotopic (exact) mass is 199 g/mol. The van der Waals surface area contributed by atoms with E-state index in [1.54, 1.807) is 0 Å². The van der Waals surface area contributed by atoms with Crippen molar-refractivity contribution in [3.8, 4) is 0 Å². The first kappa shape index (κ1) is 11.5. The van der Waals surface area contributed by atoms with Gasteiger partial charge in [0, 0.05) is 26.1 Å². The van der Waals surface area contributed by atoms with Crippen LogP contribution in [0.25, 0.3) is 0 Å². The molecule has 0 aromatic carbocycles. The first-order valence-electron chi connectivity index (χ1n) is 5.66. The summed E-state index contributed by atoms with van der Waals surface area (Å²) in [5.74, 6) is 0.904. The Labute approximate surface area is 86.1 Å². The number of unbranched alkanes of at least 4 members (excludes halogenated alkanes) is 2. The molecule has 1 fully saturated rings. The molecule has 1 aliphatic rings. The summed E-state index contributed by atoms with van der Waals surface area (Å²) in [5, 5.41) is 8.61. The van der Waals surface area contributed by atoms with Crippen LogP contribution in [0.3, 0.4) is 0 Å². The number of hydrogen-bond acceptors (Lipinski definition) is 2. The summed E-state index contributed by atoms with van der Waals surface area (Å²) in [6, 6.07) is 0. The maximum atomic E-state index is 11.5. The van der Waals surface area contributed by atoms with Gasteiger partial charge in [0.2, 0.25) is 5.91 Å². The molecular weight excluding hydrogens is 178 g/mol. The van der Waals surface area contributed by atoms with Gasteiger partial charge in [0.1, 0.15) is 0 Å². The zero-order valence-corrected chi connectivity index (χ0v) is 9.04. The molecule has 0 radical (unpaired) electrons. The lowest BCUT2D eigenvalue weighted by Crippen LogP contribution is -2.26. The number of hydrogen-bond donors (Lipinski definition) is 1. The van der Waals surface area contributed by atoms with Gasteiger partial charge in [-0.25, -0.2) is 0 Å². The smallest absolute Gasteiger partial charge is 0.222 e. The van der Waals surface area contributed by atoms with Crippen molar-refractivity contribution in [2.24, 2.45) is 5.92 Å². The van der Waals surface area contributed by atoms with E-state index in [1.165, 1.54) is 0 Å². The molecule has 1 rings (SSSR count). The quantitative estimate of drug-likeness (QED) is 0.657. The normalized spacial score (nSPS) is 22.0. The summed E-state index contributed by atoms with van der Waals surface area (Å²) in [6.45, 7) is 4.25. The third-order valence-corrected chi connectivity index (χ3v) is 2.96. The van der Waals surface area contributed by atoms with E-state index in [9.17, 15) is 4.79 Å². The molecule has 14 heavy (non-hydrogen) atoms. The molecule has 1 unspecified atom stereocenters. The van der Waals surface area contributed by atoms with Gasteiger partial charge in [-0.1, -0.05) is 13.3 Å². The lowest BCUT2D eigenvalue weighted by molar-refractivity contribution is -0.127. The molecule has 0 aliphatic carbocycles. The van der Waals surface area contributed by atoms with Gasteiger partial charge in [-0.2, -0.15) is 0 Å². The van der Waals surface area contributed by atoms with Gasteiger partial charge >= 0.3 is 0 Å². The fourth-order valence-electron chi connectivity index (χ4n) is 1.93. The predicted octanol–water partition coefficient (Wildman–Crippen LogP) is 1.41. The van der Waals surface area contributed by atoms with Crippen molar-refractivity contribution < 1.29 is 9.90 Å². The van der Waals surface area contributed by atoms with E-state index in [1.807, 2.05) is 4.90 Å². The van der Waals surface area contributed by atoms with Crippen molar-refractivity contribution >= 4 is 5.91 Å². The summed E-state index contributed by atoms with van der Waals surface area (Å²) in [5.41, 5.74) is 0. The van der Waals surface area contributed by atoms with Crippen LogP contribution in [0.2, 0.25) is 0 Å². The first-order valence-corrected chi connectivity index (χ1v) is 5.66. The van der Waals surface area contributed by atoms with Gasteiger partial charge in [-0.05, 0) is 25.2 Å². The Kier molecular flexibility index (Phi) is 4.94. The minimum atomic E-state index is 0.269. The van der Waals surface area contributed by atoms with Crippen molar-refractivity contribution in [2.45, 2.75) is 39.0 Å². The molecule has 1 aliphatic heterocycles. The SMILES string of the molecule is CCC1CC(=O)N(CCCCCO)C1. The van der Waals surface area contributed by atoms with E-state index >= 15 is 0 Å². The molecule has 82 valence electrons. The first-order chi connectivity index (χ1) is 6.77. The molecule has 3 nitrogen and oxygen atoms in total. The topological polar surface area (TPSA) is 40.5 Å². The molecule has 0 aromatic heterocycles. The molecule has 1 saturated heterocycles. The Hall–Kier alpha value is -0.570. The van der Waals surface area contributed by atoms with E-state index in [0.29, 0.717) is 11.8 Å². The largest absolute Gasteiger partial charge is 0.396 e. The second-order valence-corrected chi connectivity index (χ2v) is 4.10. The molecule has 1 N–H and O–H groups in total. The molecule has 1 heterocycles. The number of nitrogens with zero attached hydrogens (tertiary/aromatic N) is 1. The number of carbonyl (C=O) groups is 1. The Morgan fingerprint density at radius 1 is 1.43 bits per heavy atom. The van der Waals surface area contributed by atoms with Crippen molar-refractivity contribution in [2.75, 3.05) is 19.7 Å². The van der Waals surface area contributed by atoms with Crippen LogP contribution in [0.5, 0.6) is 0 Å². The average molecular weight is 199 g/mol.